The van der Waals surface area contributed by atoms with Gasteiger partial charge in [0, 0.05) is 5.69 Å². The van der Waals surface area contributed by atoms with Crippen molar-refractivity contribution < 1.29 is 9.90 Å². The standard InChI is InChI=1S/C10H9N3O2S/c1-6-11-12-10(16)13(6)8-4-2-7(3-5-8)9(14)15/h2-5H,1H3,(H,12,16)(H,14,15)/p-1. The minimum atomic E-state index is -1.20. The molecule has 5 nitrogen and oxygen atoms in total. The van der Waals surface area contributed by atoms with Crippen LogP contribution in [0.25, 0.3) is 5.69 Å². The molecule has 0 amide bonds. The number of nitrogens with zero attached hydrogens (tertiary/aromatic N) is 2. The highest BCUT2D eigenvalue weighted by molar-refractivity contribution is 7.71. The molecule has 0 bridgehead atoms. The van der Waals surface area contributed by atoms with Gasteiger partial charge >= 0.3 is 0 Å². The Morgan fingerprint density at radius 3 is 2.50 bits per heavy atom. The predicted molar refractivity (Wildman–Crippen MR) is 57.8 cm³/mol. The van der Waals surface area contributed by atoms with Gasteiger partial charge in [0.05, 0.1) is 5.97 Å². The van der Waals surface area contributed by atoms with Gasteiger partial charge in [0.25, 0.3) is 0 Å². The largest absolute Gasteiger partial charge is 0.545 e. The summed E-state index contributed by atoms with van der Waals surface area (Å²) in [4.78, 5) is 10.6. The Morgan fingerprint density at radius 2 is 2.06 bits per heavy atom. The molecule has 1 aromatic heterocycles. The first-order valence-corrected chi connectivity index (χ1v) is 4.96. The van der Waals surface area contributed by atoms with Crippen molar-refractivity contribution in [1.82, 2.24) is 14.8 Å². The second-order valence-corrected chi connectivity index (χ2v) is 3.63. The number of carbonyl (C=O) groups is 1. The predicted octanol–water partition coefficient (Wildman–Crippen LogP) is 0.602. The number of nitrogens with one attached hydrogen (secondary N) is 1. The molecular formula is C10H8N3O2S-. The molecule has 1 heterocycles. The molecule has 0 saturated heterocycles. The molecule has 0 unspecified atom stereocenters. The van der Waals surface area contributed by atoms with Crippen LogP contribution in [0.3, 0.4) is 0 Å². The van der Waals surface area contributed by atoms with E-state index in [-0.39, 0.29) is 5.56 Å². The van der Waals surface area contributed by atoms with Crippen LogP contribution in [-0.2, 0) is 0 Å². The summed E-state index contributed by atoms with van der Waals surface area (Å²) in [5, 5.41) is 17.2. The van der Waals surface area contributed by atoms with Crippen LogP contribution < -0.4 is 5.11 Å². The van der Waals surface area contributed by atoms with Crippen molar-refractivity contribution in [3.05, 3.63) is 40.4 Å². The van der Waals surface area contributed by atoms with Crippen molar-refractivity contribution >= 4 is 18.2 Å². The third-order valence-electron chi connectivity index (χ3n) is 2.20. The van der Waals surface area contributed by atoms with Crippen molar-refractivity contribution in [2.45, 2.75) is 6.92 Å². The third-order valence-corrected chi connectivity index (χ3v) is 2.48. The lowest BCUT2D eigenvalue weighted by Gasteiger charge is -2.06. The average Bonchev–Trinajstić information content (AvgIpc) is 2.59. The monoisotopic (exact) mass is 234 g/mol. The number of benzene rings is 1. The maximum atomic E-state index is 10.6. The molecule has 16 heavy (non-hydrogen) atoms. The molecule has 0 radical (unpaired) electrons. The molecule has 0 aliphatic heterocycles. The van der Waals surface area contributed by atoms with Crippen LogP contribution in [0.5, 0.6) is 0 Å². The van der Waals surface area contributed by atoms with Crippen molar-refractivity contribution in [2.24, 2.45) is 0 Å². The van der Waals surface area contributed by atoms with Gasteiger partial charge in [-0.3, -0.25) is 9.67 Å². The highest BCUT2D eigenvalue weighted by atomic mass is 32.1. The van der Waals surface area contributed by atoms with E-state index in [4.69, 9.17) is 12.2 Å². The van der Waals surface area contributed by atoms with Crippen molar-refractivity contribution in [2.75, 3.05) is 0 Å². The Balaban J connectivity index is 2.50. The van der Waals surface area contributed by atoms with Gasteiger partial charge in [-0.2, -0.15) is 5.10 Å². The molecule has 0 atom stereocenters. The van der Waals surface area contributed by atoms with Crippen LogP contribution in [0.4, 0.5) is 0 Å². The highest BCUT2D eigenvalue weighted by Gasteiger charge is 2.03. The van der Waals surface area contributed by atoms with Crippen LogP contribution >= 0.6 is 12.2 Å². The van der Waals surface area contributed by atoms with E-state index in [1.807, 2.05) is 0 Å². The number of carbonyl (C=O) groups excluding carboxylic acids is 1. The smallest absolute Gasteiger partial charge is 0.199 e. The first kappa shape index (κ1) is 10.6. The summed E-state index contributed by atoms with van der Waals surface area (Å²) in [6.45, 7) is 1.80. The van der Waals surface area contributed by atoms with E-state index >= 15 is 0 Å². The molecule has 2 aromatic rings. The topological polar surface area (TPSA) is 73.7 Å². The number of hydrogen-bond donors (Lipinski definition) is 1. The molecule has 1 N–H and O–H groups in total. The lowest BCUT2D eigenvalue weighted by Crippen LogP contribution is -2.22. The Kier molecular flexibility index (Phi) is 2.57. The van der Waals surface area contributed by atoms with E-state index in [9.17, 15) is 9.90 Å². The molecule has 0 aliphatic rings. The van der Waals surface area contributed by atoms with Gasteiger partial charge in [-0.1, -0.05) is 12.1 Å². The van der Waals surface area contributed by atoms with Crippen LogP contribution in [0.15, 0.2) is 24.3 Å². The second kappa shape index (κ2) is 3.90. The number of hydrogen-bond acceptors (Lipinski definition) is 4. The summed E-state index contributed by atoms with van der Waals surface area (Å²) >= 11 is 5.06. The van der Waals surface area contributed by atoms with Crippen molar-refractivity contribution in [3.63, 3.8) is 0 Å². The fourth-order valence-corrected chi connectivity index (χ4v) is 1.71. The van der Waals surface area contributed by atoms with Crippen LogP contribution in [0, 0.1) is 11.7 Å². The summed E-state index contributed by atoms with van der Waals surface area (Å²) in [5.41, 5.74) is 0.901. The zero-order valence-corrected chi connectivity index (χ0v) is 9.25. The Morgan fingerprint density at radius 1 is 1.44 bits per heavy atom. The van der Waals surface area contributed by atoms with Gasteiger partial charge in [-0.25, -0.2) is 0 Å². The molecule has 1 aromatic carbocycles. The highest BCUT2D eigenvalue weighted by Crippen LogP contribution is 2.11. The van der Waals surface area contributed by atoms with Gasteiger partial charge < -0.3 is 9.90 Å². The number of aromatic amines is 1. The third kappa shape index (κ3) is 1.74. The molecule has 82 valence electrons. The molecule has 2 rings (SSSR count). The van der Waals surface area contributed by atoms with Crippen LogP contribution in [0.1, 0.15) is 16.2 Å². The summed E-state index contributed by atoms with van der Waals surface area (Å²) in [6, 6.07) is 6.25. The number of aryl methyl sites for hydroxylation is 1. The number of rotatable bonds is 2. The Hall–Kier alpha value is -1.95. The van der Waals surface area contributed by atoms with Gasteiger partial charge in [0.15, 0.2) is 4.77 Å². The summed E-state index contributed by atoms with van der Waals surface area (Å²) < 4.78 is 2.19. The molecule has 0 saturated carbocycles. The van der Waals surface area contributed by atoms with E-state index in [2.05, 4.69) is 10.2 Å². The van der Waals surface area contributed by atoms with Crippen molar-refractivity contribution in [3.8, 4) is 5.69 Å². The molecule has 0 fully saturated rings. The fourth-order valence-electron chi connectivity index (χ4n) is 1.43. The quantitative estimate of drug-likeness (QED) is 0.772. The number of aromatic carboxylic acids is 1. The minimum Gasteiger partial charge on any atom is -0.545 e. The van der Waals surface area contributed by atoms with E-state index in [0.717, 1.165) is 5.69 Å². The van der Waals surface area contributed by atoms with E-state index in [0.29, 0.717) is 10.6 Å². The maximum Gasteiger partial charge on any atom is 0.199 e. The fraction of sp³-hybridized carbons (Fsp3) is 0.100. The normalized spacial score (nSPS) is 10.3. The lowest BCUT2D eigenvalue weighted by molar-refractivity contribution is -0.255. The minimum absolute atomic E-state index is 0.136. The first-order chi connectivity index (χ1) is 7.59. The van der Waals surface area contributed by atoms with Gasteiger partial charge in [-0.05, 0) is 36.8 Å². The van der Waals surface area contributed by atoms with Crippen LogP contribution in [0.2, 0.25) is 0 Å². The van der Waals surface area contributed by atoms with E-state index in [1.54, 1.807) is 23.6 Å². The van der Waals surface area contributed by atoms with Crippen LogP contribution in [-0.4, -0.2) is 20.7 Å². The Labute approximate surface area is 96.4 Å². The molecule has 0 aliphatic carbocycles. The summed E-state index contributed by atoms with van der Waals surface area (Å²) in [7, 11) is 0. The van der Waals surface area contributed by atoms with E-state index < -0.39 is 5.97 Å². The number of carboxylic acids is 1. The number of aromatic nitrogens is 3. The number of H-pyrrole nitrogens is 1. The average molecular weight is 234 g/mol. The van der Waals surface area contributed by atoms with Crippen molar-refractivity contribution in [1.29, 1.82) is 0 Å². The molecule has 6 heteroatoms. The summed E-state index contributed by atoms with van der Waals surface area (Å²) in [6.07, 6.45) is 0. The zero-order chi connectivity index (χ0) is 11.7. The number of carboxylic acid groups (broad SMARTS) is 1. The van der Waals surface area contributed by atoms with Gasteiger partial charge in [0.2, 0.25) is 0 Å². The van der Waals surface area contributed by atoms with E-state index in [1.165, 1.54) is 12.1 Å². The zero-order valence-electron chi connectivity index (χ0n) is 8.43. The maximum absolute atomic E-state index is 10.6. The molecule has 0 spiro atoms. The van der Waals surface area contributed by atoms with Gasteiger partial charge in [-0.15, -0.1) is 0 Å². The summed E-state index contributed by atoms with van der Waals surface area (Å²) in [5.74, 6) is -0.481. The SMILES string of the molecule is Cc1n[nH]c(=S)n1-c1ccc(C(=O)[O-])cc1. The lowest BCUT2D eigenvalue weighted by atomic mass is 10.2. The first-order valence-electron chi connectivity index (χ1n) is 4.55. The Bertz CT molecular complexity index is 583. The molecular weight excluding hydrogens is 226 g/mol. The van der Waals surface area contributed by atoms with Gasteiger partial charge in [0.1, 0.15) is 5.82 Å². The second-order valence-electron chi connectivity index (χ2n) is 3.25.